The van der Waals surface area contributed by atoms with Crippen LogP contribution in [0.15, 0.2) is 23.6 Å². The Morgan fingerprint density at radius 1 is 1.25 bits per heavy atom. The van der Waals surface area contributed by atoms with Crippen molar-refractivity contribution in [2.24, 2.45) is 0 Å². The smallest absolute Gasteiger partial charge is 0.135 e. The highest BCUT2D eigenvalue weighted by Gasteiger charge is 2.32. The molecule has 2 saturated carbocycles. The van der Waals surface area contributed by atoms with Gasteiger partial charge in [0.2, 0.25) is 0 Å². The highest BCUT2D eigenvalue weighted by atomic mass is 35.5. The predicted octanol–water partition coefficient (Wildman–Crippen LogP) is 4.24. The summed E-state index contributed by atoms with van der Waals surface area (Å²) in [5.41, 5.74) is 0. The van der Waals surface area contributed by atoms with E-state index in [9.17, 15) is 0 Å². The zero-order valence-corrected chi connectivity index (χ0v) is 12.7. The first-order chi connectivity index (χ1) is 9.79. The maximum atomic E-state index is 6.20. The largest absolute Gasteiger partial charge is 0.348 e. The third-order valence-electron chi connectivity index (χ3n) is 3.83. The summed E-state index contributed by atoms with van der Waals surface area (Å²) in [6, 6.07) is 6.83. The van der Waals surface area contributed by atoms with Gasteiger partial charge in [0.05, 0.1) is 6.54 Å². The Kier molecular flexibility index (Phi) is 3.15. The maximum absolute atomic E-state index is 6.20. The Hall–Kier alpha value is -1.13. The first-order valence-corrected chi connectivity index (χ1v) is 8.39. The van der Waals surface area contributed by atoms with E-state index in [0.29, 0.717) is 17.1 Å². The fraction of sp³-hybridized carbons (Fsp3) is 0.467. The van der Waals surface area contributed by atoms with Crippen molar-refractivity contribution < 1.29 is 0 Å². The van der Waals surface area contributed by atoms with Crippen LogP contribution < -0.4 is 4.90 Å². The summed E-state index contributed by atoms with van der Waals surface area (Å²) in [6.45, 7) is 0.930. The molecule has 0 bridgehead atoms. The number of hydrogen-bond donors (Lipinski definition) is 0. The van der Waals surface area contributed by atoms with E-state index in [1.807, 2.05) is 6.07 Å². The van der Waals surface area contributed by atoms with Gasteiger partial charge in [0, 0.05) is 22.9 Å². The molecule has 0 unspecified atom stereocenters. The summed E-state index contributed by atoms with van der Waals surface area (Å²) in [7, 11) is 0. The van der Waals surface area contributed by atoms with E-state index in [4.69, 9.17) is 16.6 Å². The minimum Gasteiger partial charge on any atom is -0.348 e. The second-order valence-electron chi connectivity index (χ2n) is 5.62. The van der Waals surface area contributed by atoms with Crippen LogP contribution in [0.25, 0.3) is 0 Å². The molecule has 0 aromatic carbocycles. The van der Waals surface area contributed by atoms with Crippen molar-refractivity contribution in [3.8, 4) is 0 Å². The van der Waals surface area contributed by atoms with Gasteiger partial charge in [-0.15, -0.1) is 11.3 Å². The van der Waals surface area contributed by atoms with E-state index in [1.54, 1.807) is 11.3 Å². The van der Waals surface area contributed by atoms with Gasteiger partial charge in [-0.1, -0.05) is 17.7 Å². The lowest BCUT2D eigenvalue weighted by Gasteiger charge is -2.23. The lowest BCUT2D eigenvalue weighted by Crippen LogP contribution is -2.26. The molecule has 20 heavy (non-hydrogen) atoms. The van der Waals surface area contributed by atoms with E-state index < -0.39 is 0 Å². The molecule has 2 heterocycles. The highest BCUT2D eigenvalue weighted by molar-refractivity contribution is 7.09. The molecule has 0 atom stereocenters. The molecule has 0 spiro atoms. The number of halogens is 1. The van der Waals surface area contributed by atoms with Crippen LogP contribution in [-0.4, -0.2) is 16.0 Å². The number of anilines is 1. The van der Waals surface area contributed by atoms with Gasteiger partial charge in [-0.05, 0) is 37.1 Å². The summed E-state index contributed by atoms with van der Waals surface area (Å²) in [4.78, 5) is 12.9. The topological polar surface area (TPSA) is 29.0 Å². The molecular formula is C15H16ClN3S. The molecular weight excluding hydrogens is 290 g/mol. The van der Waals surface area contributed by atoms with Crippen molar-refractivity contribution in [1.29, 1.82) is 0 Å². The lowest BCUT2D eigenvalue weighted by atomic mass is 10.3. The molecule has 4 rings (SSSR count). The average Bonchev–Trinajstić information content (AvgIpc) is 3.35. The van der Waals surface area contributed by atoms with Crippen molar-refractivity contribution >= 4 is 28.8 Å². The molecule has 0 N–H and O–H groups in total. The Bertz CT molecular complexity index is 606. The second kappa shape index (κ2) is 5.01. The van der Waals surface area contributed by atoms with Gasteiger partial charge in [-0.25, -0.2) is 9.97 Å². The monoisotopic (exact) mass is 305 g/mol. The zero-order chi connectivity index (χ0) is 13.5. The minimum absolute atomic E-state index is 0.537. The van der Waals surface area contributed by atoms with Crippen LogP contribution in [0.4, 0.5) is 5.82 Å². The summed E-state index contributed by atoms with van der Waals surface area (Å²) in [6.07, 6.45) is 4.92. The molecule has 0 radical (unpaired) electrons. The van der Waals surface area contributed by atoms with Crippen LogP contribution >= 0.6 is 22.9 Å². The van der Waals surface area contributed by atoms with E-state index in [0.717, 1.165) is 18.2 Å². The third-order valence-corrected chi connectivity index (χ3v) is 4.88. The Labute approximate surface area is 127 Å². The second-order valence-corrected chi connectivity index (χ2v) is 7.04. The Morgan fingerprint density at radius 3 is 2.75 bits per heavy atom. The lowest BCUT2D eigenvalue weighted by molar-refractivity contribution is 0.771. The Balaban J connectivity index is 1.65. The van der Waals surface area contributed by atoms with Crippen LogP contribution in [-0.2, 0) is 6.54 Å². The molecule has 2 aliphatic rings. The quantitative estimate of drug-likeness (QED) is 0.774. The van der Waals surface area contributed by atoms with E-state index >= 15 is 0 Å². The van der Waals surface area contributed by atoms with Gasteiger partial charge in [0.25, 0.3) is 0 Å². The summed E-state index contributed by atoms with van der Waals surface area (Å²) >= 11 is 8.00. The van der Waals surface area contributed by atoms with Crippen molar-refractivity contribution in [1.82, 2.24) is 9.97 Å². The van der Waals surface area contributed by atoms with Crippen LogP contribution in [0.3, 0.4) is 0 Å². The number of hydrogen-bond acceptors (Lipinski definition) is 4. The zero-order valence-electron chi connectivity index (χ0n) is 11.1. The molecule has 0 amide bonds. The van der Waals surface area contributed by atoms with E-state index in [2.05, 4.69) is 27.4 Å². The molecule has 0 aliphatic heterocycles. The van der Waals surface area contributed by atoms with Crippen LogP contribution in [0.2, 0.25) is 5.15 Å². The summed E-state index contributed by atoms with van der Waals surface area (Å²) in [5, 5.41) is 2.71. The maximum Gasteiger partial charge on any atom is 0.135 e. The van der Waals surface area contributed by atoms with Crippen LogP contribution in [0, 0.1) is 0 Å². The summed E-state index contributed by atoms with van der Waals surface area (Å²) in [5.74, 6) is 2.47. The van der Waals surface area contributed by atoms with E-state index in [-0.39, 0.29) is 0 Å². The van der Waals surface area contributed by atoms with Gasteiger partial charge in [0.1, 0.15) is 16.8 Å². The van der Waals surface area contributed by atoms with Gasteiger partial charge >= 0.3 is 0 Å². The SMILES string of the molecule is Clc1cc(N(Cc2cccs2)C2CC2)nc(C2CC2)n1. The highest BCUT2D eigenvalue weighted by Crippen LogP contribution is 2.40. The van der Waals surface area contributed by atoms with Gasteiger partial charge in [0.15, 0.2) is 0 Å². The fourth-order valence-corrected chi connectivity index (χ4v) is 3.33. The number of nitrogens with zero attached hydrogens (tertiary/aromatic N) is 3. The first kappa shape index (κ1) is 12.6. The molecule has 0 saturated heterocycles. The number of thiophene rings is 1. The number of aromatic nitrogens is 2. The minimum atomic E-state index is 0.537. The molecule has 2 aliphatic carbocycles. The normalized spacial score (nSPS) is 18.2. The van der Waals surface area contributed by atoms with Gasteiger partial charge < -0.3 is 4.90 Å². The standard InChI is InChI=1S/C15H16ClN3S/c16-13-8-14(18-15(17-13)10-3-4-10)19(11-5-6-11)9-12-2-1-7-20-12/h1-2,7-8,10-11H,3-6,9H2. The molecule has 2 fully saturated rings. The van der Waals surface area contributed by atoms with E-state index in [1.165, 1.54) is 30.6 Å². The Morgan fingerprint density at radius 2 is 2.10 bits per heavy atom. The van der Waals surface area contributed by atoms with Crippen LogP contribution in [0.5, 0.6) is 0 Å². The van der Waals surface area contributed by atoms with Crippen molar-refractivity contribution in [2.45, 2.75) is 44.2 Å². The average molecular weight is 306 g/mol. The number of rotatable bonds is 5. The molecule has 2 aromatic rings. The first-order valence-electron chi connectivity index (χ1n) is 7.13. The molecule has 3 nitrogen and oxygen atoms in total. The van der Waals surface area contributed by atoms with Gasteiger partial charge in [-0.3, -0.25) is 0 Å². The molecule has 5 heteroatoms. The van der Waals surface area contributed by atoms with Crippen molar-refractivity contribution in [3.05, 3.63) is 39.4 Å². The third kappa shape index (κ3) is 2.67. The molecule has 104 valence electrons. The van der Waals surface area contributed by atoms with Crippen molar-refractivity contribution in [3.63, 3.8) is 0 Å². The predicted molar refractivity (Wildman–Crippen MR) is 82.5 cm³/mol. The van der Waals surface area contributed by atoms with Gasteiger partial charge in [-0.2, -0.15) is 0 Å². The van der Waals surface area contributed by atoms with Crippen molar-refractivity contribution in [2.75, 3.05) is 4.90 Å². The summed E-state index contributed by atoms with van der Waals surface area (Å²) < 4.78 is 0. The fourth-order valence-electron chi connectivity index (χ4n) is 2.45. The molecule has 2 aromatic heterocycles. The van der Waals surface area contributed by atoms with Crippen LogP contribution in [0.1, 0.15) is 42.3 Å².